The third-order valence-corrected chi connectivity index (χ3v) is 4.19. The molecule has 5 nitrogen and oxygen atoms in total. The average Bonchev–Trinajstić information content (AvgIpc) is 2.57. The second kappa shape index (κ2) is 8.76. The van der Waals surface area contributed by atoms with E-state index in [9.17, 15) is 4.79 Å². The molecule has 0 bridgehead atoms. The molecule has 1 saturated heterocycles. The van der Waals surface area contributed by atoms with E-state index in [4.69, 9.17) is 10.5 Å². The summed E-state index contributed by atoms with van der Waals surface area (Å²) in [5.74, 6) is 0.894. The van der Waals surface area contributed by atoms with Crippen molar-refractivity contribution in [1.29, 1.82) is 0 Å². The van der Waals surface area contributed by atoms with Crippen LogP contribution in [0.4, 0.5) is 0 Å². The number of methoxy groups -OCH3 is 1. The van der Waals surface area contributed by atoms with Crippen LogP contribution in [0.1, 0.15) is 37.3 Å². The summed E-state index contributed by atoms with van der Waals surface area (Å²) in [5, 5.41) is 3.01. The van der Waals surface area contributed by atoms with Crippen LogP contribution in [-0.4, -0.2) is 44.1 Å². The maximum atomic E-state index is 11.8. The molecule has 2 rings (SSSR count). The lowest BCUT2D eigenvalue weighted by atomic mass is 10.0. The summed E-state index contributed by atoms with van der Waals surface area (Å²) in [5.41, 5.74) is 6.58. The van der Waals surface area contributed by atoms with Crippen molar-refractivity contribution in [2.75, 3.05) is 33.3 Å². The smallest absolute Gasteiger partial charge is 0.221 e. The molecule has 122 valence electrons. The Morgan fingerprint density at radius 3 is 2.73 bits per heavy atom. The van der Waals surface area contributed by atoms with Gasteiger partial charge in [0, 0.05) is 25.1 Å². The van der Waals surface area contributed by atoms with Crippen molar-refractivity contribution in [1.82, 2.24) is 10.2 Å². The first-order valence-electron chi connectivity index (χ1n) is 8.10. The minimum atomic E-state index is 0.0133. The lowest BCUT2D eigenvalue weighted by Gasteiger charge is -2.35. The second-order valence-electron chi connectivity index (χ2n) is 5.70. The topological polar surface area (TPSA) is 67.6 Å². The largest absolute Gasteiger partial charge is 0.496 e. The molecular weight excluding hydrogens is 278 g/mol. The van der Waals surface area contributed by atoms with Crippen LogP contribution in [-0.2, 0) is 4.79 Å². The Hall–Kier alpha value is -1.59. The molecule has 1 aliphatic rings. The highest BCUT2D eigenvalue weighted by atomic mass is 16.5. The highest BCUT2D eigenvalue weighted by Gasteiger charge is 2.25. The van der Waals surface area contributed by atoms with Gasteiger partial charge in [0.05, 0.1) is 13.2 Å². The molecule has 1 aliphatic heterocycles. The van der Waals surface area contributed by atoms with Crippen molar-refractivity contribution in [2.24, 2.45) is 5.73 Å². The van der Waals surface area contributed by atoms with E-state index < -0.39 is 0 Å². The number of ether oxygens (including phenoxy) is 1. The molecule has 3 N–H and O–H groups in total. The monoisotopic (exact) mass is 305 g/mol. The lowest BCUT2D eigenvalue weighted by Crippen LogP contribution is -2.41. The summed E-state index contributed by atoms with van der Waals surface area (Å²) < 4.78 is 5.51. The third kappa shape index (κ3) is 4.45. The summed E-state index contributed by atoms with van der Waals surface area (Å²) in [7, 11) is 1.69. The van der Waals surface area contributed by atoms with E-state index in [2.05, 4.69) is 16.3 Å². The molecule has 0 aliphatic carbocycles. The zero-order chi connectivity index (χ0) is 15.8. The molecule has 1 unspecified atom stereocenters. The number of nitrogens with zero attached hydrogens (tertiary/aromatic N) is 1. The number of benzene rings is 1. The molecule has 0 radical (unpaired) electrons. The molecule has 0 aromatic heterocycles. The molecule has 1 fully saturated rings. The fourth-order valence-corrected chi connectivity index (χ4v) is 3.04. The Morgan fingerprint density at radius 1 is 1.32 bits per heavy atom. The molecule has 22 heavy (non-hydrogen) atoms. The van der Waals surface area contributed by atoms with Crippen molar-refractivity contribution in [2.45, 2.75) is 31.7 Å². The fourth-order valence-electron chi connectivity index (χ4n) is 3.04. The zero-order valence-electron chi connectivity index (χ0n) is 13.4. The molecule has 5 heteroatoms. The first-order valence-corrected chi connectivity index (χ1v) is 8.10. The molecular formula is C17H27N3O2. The van der Waals surface area contributed by atoms with Crippen LogP contribution >= 0.6 is 0 Å². The summed E-state index contributed by atoms with van der Waals surface area (Å²) in [6.45, 7) is 3.11. The van der Waals surface area contributed by atoms with E-state index in [1.807, 2.05) is 18.2 Å². The summed E-state index contributed by atoms with van der Waals surface area (Å²) in [6, 6.07) is 8.22. The van der Waals surface area contributed by atoms with Crippen molar-refractivity contribution >= 4 is 5.91 Å². The summed E-state index contributed by atoms with van der Waals surface area (Å²) in [6.07, 6.45) is 4.08. The highest BCUT2D eigenvalue weighted by molar-refractivity contribution is 5.76. The molecule has 1 amide bonds. The first-order chi connectivity index (χ1) is 10.8. The van der Waals surface area contributed by atoms with Crippen LogP contribution in [0.25, 0.3) is 0 Å². The fraction of sp³-hybridized carbons (Fsp3) is 0.588. The Bertz CT molecular complexity index is 473. The second-order valence-corrected chi connectivity index (χ2v) is 5.70. The van der Waals surface area contributed by atoms with Crippen molar-refractivity contribution in [3.05, 3.63) is 29.8 Å². The van der Waals surface area contributed by atoms with Crippen molar-refractivity contribution in [3.63, 3.8) is 0 Å². The van der Waals surface area contributed by atoms with Gasteiger partial charge in [-0.2, -0.15) is 0 Å². The SMILES string of the molecule is COc1ccccc1C(CNC(=O)CCN)N1CCCCC1. The number of rotatable bonds is 7. The van der Waals surface area contributed by atoms with Crippen LogP contribution in [0.15, 0.2) is 24.3 Å². The lowest BCUT2D eigenvalue weighted by molar-refractivity contribution is -0.121. The minimum Gasteiger partial charge on any atom is -0.496 e. The number of hydrogen-bond donors (Lipinski definition) is 2. The van der Waals surface area contributed by atoms with Crippen LogP contribution in [0, 0.1) is 0 Å². The Labute approximate surface area is 132 Å². The molecule has 1 aromatic rings. The van der Waals surface area contributed by atoms with E-state index in [-0.39, 0.29) is 11.9 Å². The number of amides is 1. The molecule has 0 spiro atoms. The van der Waals surface area contributed by atoms with Gasteiger partial charge in [0.1, 0.15) is 5.75 Å². The Morgan fingerprint density at radius 2 is 2.05 bits per heavy atom. The van der Waals surface area contributed by atoms with Gasteiger partial charge in [0.25, 0.3) is 0 Å². The minimum absolute atomic E-state index is 0.0133. The van der Waals surface area contributed by atoms with Gasteiger partial charge in [0.15, 0.2) is 0 Å². The van der Waals surface area contributed by atoms with Gasteiger partial charge < -0.3 is 15.8 Å². The average molecular weight is 305 g/mol. The van der Waals surface area contributed by atoms with Crippen LogP contribution in [0.2, 0.25) is 0 Å². The van der Waals surface area contributed by atoms with Gasteiger partial charge in [-0.3, -0.25) is 9.69 Å². The van der Waals surface area contributed by atoms with Gasteiger partial charge in [0.2, 0.25) is 5.91 Å². The van der Waals surface area contributed by atoms with Crippen LogP contribution in [0.3, 0.4) is 0 Å². The van der Waals surface area contributed by atoms with E-state index in [1.54, 1.807) is 7.11 Å². The van der Waals surface area contributed by atoms with E-state index >= 15 is 0 Å². The van der Waals surface area contributed by atoms with Gasteiger partial charge in [-0.05, 0) is 32.0 Å². The summed E-state index contributed by atoms with van der Waals surface area (Å²) >= 11 is 0. The van der Waals surface area contributed by atoms with E-state index in [1.165, 1.54) is 19.3 Å². The van der Waals surface area contributed by atoms with Gasteiger partial charge >= 0.3 is 0 Å². The Balaban J connectivity index is 2.14. The van der Waals surface area contributed by atoms with Crippen molar-refractivity contribution < 1.29 is 9.53 Å². The van der Waals surface area contributed by atoms with Crippen molar-refractivity contribution in [3.8, 4) is 5.75 Å². The number of carbonyl (C=O) groups excluding carboxylic acids is 1. The van der Waals surface area contributed by atoms with Gasteiger partial charge in [-0.15, -0.1) is 0 Å². The van der Waals surface area contributed by atoms with Crippen LogP contribution in [0.5, 0.6) is 5.75 Å². The van der Waals surface area contributed by atoms with Gasteiger partial charge in [-0.25, -0.2) is 0 Å². The maximum Gasteiger partial charge on any atom is 0.221 e. The number of piperidine rings is 1. The maximum absolute atomic E-state index is 11.8. The molecule has 1 heterocycles. The quantitative estimate of drug-likeness (QED) is 0.804. The third-order valence-electron chi connectivity index (χ3n) is 4.19. The standard InChI is InChI=1S/C17H27N3O2/c1-22-16-8-4-3-7-14(16)15(13-19-17(21)9-10-18)20-11-5-2-6-12-20/h3-4,7-8,15H,2,5-6,9-13,18H2,1H3,(H,19,21). The van der Waals surface area contributed by atoms with E-state index in [0.29, 0.717) is 19.5 Å². The summed E-state index contributed by atoms with van der Waals surface area (Å²) in [4.78, 5) is 14.2. The predicted octanol–water partition coefficient (Wildman–Crippen LogP) is 1.69. The zero-order valence-corrected chi connectivity index (χ0v) is 13.4. The number of para-hydroxylation sites is 1. The normalized spacial score (nSPS) is 17.0. The number of likely N-dealkylation sites (tertiary alicyclic amines) is 1. The highest BCUT2D eigenvalue weighted by Crippen LogP contribution is 2.30. The predicted molar refractivity (Wildman–Crippen MR) is 87.8 cm³/mol. The number of carbonyl (C=O) groups is 1. The van der Waals surface area contributed by atoms with Crippen LogP contribution < -0.4 is 15.8 Å². The van der Waals surface area contributed by atoms with E-state index in [0.717, 1.165) is 24.4 Å². The molecule has 1 atom stereocenters. The first kappa shape index (κ1) is 16.8. The number of hydrogen-bond acceptors (Lipinski definition) is 4. The molecule has 0 saturated carbocycles. The Kier molecular flexibility index (Phi) is 6.68. The van der Waals surface area contributed by atoms with Gasteiger partial charge in [-0.1, -0.05) is 24.6 Å². The number of nitrogens with two attached hydrogens (primary N) is 1. The number of nitrogens with one attached hydrogen (secondary N) is 1. The molecule has 1 aromatic carbocycles.